The van der Waals surface area contributed by atoms with E-state index in [0.717, 1.165) is 26.9 Å². The molecule has 0 radical (unpaired) electrons. The highest BCUT2D eigenvalue weighted by atomic mass is 32.2. The van der Waals surface area contributed by atoms with Crippen LogP contribution in [0.1, 0.15) is 11.5 Å². The lowest BCUT2D eigenvalue weighted by Gasteiger charge is -2.49. The number of aromatic nitrogens is 3. The van der Waals surface area contributed by atoms with E-state index in [9.17, 15) is 28.7 Å². The third-order valence-electron chi connectivity index (χ3n) is 6.06. The number of thiazole rings is 2. The molecule has 1 fully saturated rings. The molecule has 0 unspecified atom stereocenters. The predicted octanol–water partition coefficient (Wildman–Crippen LogP) is -0.298. The second-order valence-corrected chi connectivity index (χ2v) is 11.4. The fourth-order valence-electron chi connectivity index (χ4n) is 4.37. The Morgan fingerprint density at radius 3 is 2.92 bits per heavy atom. The van der Waals surface area contributed by atoms with Gasteiger partial charge in [0, 0.05) is 22.1 Å². The Labute approximate surface area is 237 Å². The minimum Gasteiger partial charge on any atom is -0.477 e. The molecule has 14 nitrogen and oxygen atoms in total. The van der Waals surface area contributed by atoms with E-state index in [2.05, 4.69) is 20.8 Å². The number of nitrogen functional groups attached to an aromatic ring is 1. The number of alkyl halides is 1. The first-order valence-electron chi connectivity index (χ1n) is 11.7. The standard InChI is InChI=1S/C22H21FN8O6S3/c23-1-3-37-28-15(12-9-40-22(24)26-12)18(33)27-16-19(34)31-17(21(35)36)11(8-39-20(16)31)6-29-7-14-30(2-4-38-14)13(29)5-25-10-32/h2,4,7,9-10,16,20H,1,3,5-6,8H2,(H4-,24,25,26,27,32,33,35,36)/p+1/b28-15-/t16-,20-/m1/s1. The Morgan fingerprint density at radius 1 is 1.40 bits per heavy atom. The summed E-state index contributed by atoms with van der Waals surface area (Å²) >= 11 is 3.85. The monoisotopic (exact) mass is 609 g/mol. The number of β-lactam (4-membered cyclic amide) rings is 1. The van der Waals surface area contributed by atoms with Gasteiger partial charge in [-0.25, -0.2) is 18.7 Å². The molecule has 40 heavy (non-hydrogen) atoms. The van der Waals surface area contributed by atoms with Gasteiger partial charge < -0.3 is 26.3 Å². The van der Waals surface area contributed by atoms with Crippen LogP contribution in [0, 0.1) is 0 Å². The molecule has 210 valence electrons. The topological polar surface area (TPSA) is 185 Å². The van der Waals surface area contributed by atoms with Crippen LogP contribution in [-0.4, -0.2) is 79.7 Å². The van der Waals surface area contributed by atoms with E-state index in [1.54, 1.807) is 0 Å². The van der Waals surface area contributed by atoms with Crippen molar-refractivity contribution in [3.05, 3.63) is 45.9 Å². The van der Waals surface area contributed by atoms with Gasteiger partial charge in [0.15, 0.2) is 10.8 Å². The molecule has 1 saturated heterocycles. The van der Waals surface area contributed by atoms with Crippen molar-refractivity contribution in [2.24, 2.45) is 5.16 Å². The van der Waals surface area contributed by atoms with Crippen LogP contribution in [0.3, 0.4) is 0 Å². The predicted molar refractivity (Wildman–Crippen MR) is 143 cm³/mol. The molecule has 0 spiro atoms. The molecule has 5 rings (SSSR count). The first kappa shape index (κ1) is 27.5. The van der Waals surface area contributed by atoms with Gasteiger partial charge in [0.2, 0.25) is 11.2 Å². The van der Waals surface area contributed by atoms with Crippen molar-refractivity contribution in [3.63, 3.8) is 0 Å². The van der Waals surface area contributed by atoms with Crippen LogP contribution in [0.25, 0.3) is 4.83 Å². The minimum absolute atomic E-state index is 0.0940. The molecule has 2 atom stereocenters. The van der Waals surface area contributed by atoms with Crippen molar-refractivity contribution in [2.75, 3.05) is 24.8 Å². The number of hydrogen-bond acceptors (Lipinski definition) is 11. The third kappa shape index (κ3) is 5.11. The quantitative estimate of drug-likeness (QED) is 0.0535. The number of anilines is 1. The van der Waals surface area contributed by atoms with Gasteiger partial charge in [0.25, 0.3) is 17.6 Å². The molecule has 2 aliphatic rings. The van der Waals surface area contributed by atoms with Gasteiger partial charge >= 0.3 is 5.97 Å². The molecule has 3 amide bonds. The average Bonchev–Trinajstić information content (AvgIpc) is 3.65. The molecule has 0 saturated carbocycles. The molecule has 3 aromatic rings. The number of imidazole rings is 1. The van der Waals surface area contributed by atoms with Gasteiger partial charge in [-0.15, -0.1) is 23.1 Å². The molecule has 18 heteroatoms. The number of nitrogens with two attached hydrogens (primary N) is 1. The summed E-state index contributed by atoms with van der Waals surface area (Å²) in [7, 11) is 0. The fourth-order valence-corrected chi connectivity index (χ4v) is 7.04. The summed E-state index contributed by atoms with van der Waals surface area (Å²) in [4.78, 5) is 60.3. The van der Waals surface area contributed by atoms with Crippen LogP contribution in [0.4, 0.5) is 9.52 Å². The SMILES string of the molecule is Nc1nc(/C(=N/OCCF)C(=O)N[C@@H]2C(=O)N3C(C(=O)O)=C(C[n+]4cc5sccn5c4CNC=O)CS[C@H]23)cs1. The summed E-state index contributed by atoms with van der Waals surface area (Å²) < 4.78 is 16.2. The molecule has 0 aromatic carbocycles. The van der Waals surface area contributed by atoms with Crippen LogP contribution in [0.5, 0.6) is 0 Å². The van der Waals surface area contributed by atoms with Crippen molar-refractivity contribution in [3.8, 4) is 0 Å². The molecule has 0 aliphatic carbocycles. The van der Waals surface area contributed by atoms with E-state index in [0.29, 0.717) is 12.0 Å². The van der Waals surface area contributed by atoms with E-state index >= 15 is 0 Å². The average molecular weight is 610 g/mol. The second-order valence-electron chi connectivity index (χ2n) is 8.43. The van der Waals surface area contributed by atoms with Gasteiger partial charge in [-0.3, -0.25) is 19.3 Å². The molecule has 2 aliphatic heterocycles. The lowest BCUT2D eigenvalue weighted by Crippen LogP contribution is -2.71. The van der Waals surface area contributed by atoms with Crippen molar-refractivity contribution >= 4 is 74.3 Å². The Bertz CT molecular complexity index is 1550. The number of amides is 3. The zero-order valence-corrected chi connectivity index (χ0v) is 22.9. The maximum absolute atomic E-state index is 13.2. The number of fused-ring (bicyclic) bond motifs is 2. The van der Waals surface area contributed by atoms with Gasteiger partial charge in [-0.05, 0) is 0 Å². The number of carboxylic acid groups (broad SMARTS) is 1. The zero-order valence-electron chi connectivity index (χ0n) is 20.5. The van der Waals surface area contributed by atoms with E-state index in [1.165, 1.54) is 28.5 Å². The summed E-state index contributed by atoms with van der Waals surface area (Å²) in [6.07, 6.45) is 4.29. The maximum atomic E-state index is 13.2. The summed E-state index contributed by atoms with van der Waals surface area (Å²) in [6.45, 7) is -0.806. The number of nitrogens with one attached hydrogen (secondary N) is 2. The molecule has 5 heterocycles. The van der Waals surface area contributed by atoms with E-state index in [4.69, 9.17) is 10.6 Å². The Balaban J connectivity index is 1.37. The Hall–Kier alpha value is -4.03. The van der Waals surface area contributed by atoms with Crippen LogP contribution in [-0.2, 0) is 37.1 Å². The highest BCUT2D eigenvalue weighted by Gasteiger charge is 2.54. The Kier molecular flexibility index (Phi) is 7.99. The van der Waals surface area contributed by atoms with E-state index < -0.39 is 35.9 Å². The minimum atomic E-state index is -1.27. The summed E-state index contributed by atoms with van der Waals surface area (Å²) in [5.41, 5.74) is 5.81. The molecular weight excluding hydrogens is 587 g/mol. The van der Waals surface area contributed by atoms with Gasteiger partial charge in [-0.1, -0.05) is 16.5 Å². The lowest BCUT2D eigenvalue weighted by molar-refractivity contribution is -0.695. The highest BCUT2D eigenvalue weighted by molar-refractivity contribution is 8.00. The number of carbonyl (C=O) groups is 4. The number of nitrogens with zero attached hydrogens (tertiary/aromatic N) is 5. The normalized spacial score (nSPS) is 18.9. The highest BCUT2D eigenvalue weighted by Crippen LogP contribution is 2.40. The summed E-state index contributed by atoms with van der Waals surface area (Å²) in [5, 5.41) is 21.8. The van der Waals surface area contributed by atoms with Gasteiger partial charge in [0.1, 0.15) is 61.6 Å². The van der Waals surface area contributed by atoms with Crippen molar-refractivity contribution in [1.82, 2.24) is 24.9 Å². The number of halogens is 1. The number of oxime groups is 1. The maximum Gasteiger partial charge on any atom is 0.352 e. The number of hydrogen-bond donors (Lipinski definition) is 4. The van der Waals surface area contributed by atoms with Crippen molar-refractivity contribution in [1.29, 1.82) is 0 Å². The fraction of sp³-hybridized carbons (Fsp3) is 0.318. The smallest absolute Gasteiger partial charge is 0.352 e. The summed E-state index contributed by atoms with van der Waals surface area (Å²) in [5.74, 6) is -1.66. The van der Waals surface area contributed by atoms with E-state index in [-0.39, 0.29) is 47.7 Å². The Morgan fingerprint density at radius 2 is 2.23 bits per heavy atom. The lowest BCUT2D eigenvalue weighted by atomic mass is 10.0. The molecule has 5 N–H and O–H groups in total. The van der Waals surface area contributed by atoms with Gasteiger partial charge in [-0.2, -0.15) is 4.40 Å². The largest absolute Gasteiger partial charge is 0.477 e. The molecule has 3 aromatic heterocycles. The molecule has 0 bridgehead atoms. The number of rotatable bonds is 12. The molecular formula is C22H22FN8O6S3+. The third-order valence-corrected chi connectivity index (χ3v) is 8.87. The second kappa shape index (κ2) is 11.6. The number of carbonyl (C=O) groups excluding carboxylic acids is 3. The van der Waals surface area contributed by atoms with Crippen LogP contribution >= 0.6 is 34.4 Å². The van der Waals surface area contributed by atoms with Gasteiger partial charge in [0.05, 0.1) is 0 Å². The van der Waals surface area contributed by atoms with E-state index in [1.807, 2.05) is 26.7 Å². The zero-order chi connectivity index (χ0) is 28.4. The summed E-state index contributed by atoms with van der Waals surface area (Å²) in [6, 6.07) is -1.03. The number of aliphatic carboxylic acids is 1. The van der Waals surface area contributed by atoms with Crippen LogP contribution in [0.2, 0.25) is 0 Å². The first-order valence-corrected chi connectivity index (χ1v) is 14.5. The van der Waals surface area contributed by atoms with Crippen LogP contribution < -0.4 is 20.9 Å². The van der Waals surface area contributed by atoms with Crippen molar-refractivity contribution < 1.29 is 38.1 Å². The van der Waals surface area contributed by atoms with Crippen molar-refractivity contribution in [2.45, 2.75) is 24.5 Å². The van der Waals surface area contributed by atoms with Crippen LogP contribution in [0.15, 0.2) is 39.6 Å². The number of thioether (sulfide) groups is 1. The number of carboxylic acids is 1. The first-order chi connectivity index (χ1) is 19.3.